The summed E-state index contributed by atoms with van der Waals surface area (Å²) in [5.41, 5.74) is 4.59. The number of phenols is 1. The van der Waals surface area contributed by atoms with Crippen LogP contribution in [-0.4, -0.2) is 47.9 Å². The Kier molecular flexibility index (Phi) is 5.71. The van der Waals surface area contributed by atoms with Crippen molar-refractivity contribution in [1.29, 1.82) is 0 Å². The van der Waals surface area contributed by atoms with Crippen molar-refractivity contribution < 1.29 is 19.0 Å². The van der Waals surface area contributed by atoms with Gasteiger partial charge in [-0.3, -0.25) is 14.3 Å². The second kappa shape index (κ2) is 9.02. The molecule has 0 amide bonds. The van der Waals surface area contributed by atoms with Gasteiger partial charge in [-0.05, 0) is 48.0 Å². The van der Waals surface area contributed by atoms with E-state index in [0.717, 1.165) is 53.0 Å². The van der Waals surface area contributed by atoms with Crippen LogP contribution in [0.15, 0.2) is 66.9 Å². The molecule has 0 aliphatic carbocycles. The molecular weight excluding hydrogens is 467 g/mol. The largest absolute Gasteiger partial charge is 0.508 e. The van der Waals surface area contributed by atoms with E-state index >= 15 is 0 Å². The molecule has 7 heteroatoms. The molecule has 178 valence electrons. The molecule has 5 nitrogen and oxygen atoms in total. The summed E-state index contributed by atoms with van der Waals surface area (Å²) < 4.78 is 25.0. The number of aromatic hydroxyl groups is 1. The molecule has 2 aliphatic rings. The Morgan fingerprint density at radius 3 is 2.69 bits per heavy atom. The molecule has 0 bridgehead atoms. The third kappa shape index (κ3) is 4.17. The van der Waals surface area contributed by atoms with Crippen LogP contribution >= 0.6 is 11.6 Å². The van der Waals surface area contributed by atoms with E-state index in [1.165, 1.54) is 0 Å². The summed E-state index contributed by atoms with van der Waals surface area (Å²) >= 11 is 6.27. The molecule has 1 unspecified atom stereocenters. The molecule has 1 saturated heterocycles. The quantitative estimate of drug-likeness (QED) is 0.358. The Balaban J connectivity index is 1.30. The van der Waals surface area contributed by atoms with Crippen LogP contribution in [0.1, 0.15) is 17.2 Å². The lowest BCUT2D eigenvalue weighted by Crippen LogP contribution is -2.49. The highest BCUT2D eigenvalue weighted by Gasteiger charge is 2.30. The number of nitrogens with zero attached hydrogens (tertiary/aromatic N) is 2. The van der Waals surface area contributed by atoms with Crippen LogP contribution in [0.4, 0.5) is 4.39 Å². The van der Waals surface area contributed by atoms with E-state index in [4.69, 9.17) is 21.1 Å². The number of hydrogen-bond acceptors (Lipinski definition) is 5. The zero-order chi connectivity index (χ0) is 23.9. The van der Waals surface area contributed by atoms with Crippen LogP contribution in [0.3, 0.4) is 0 Å². The molecule has 0 saturated carbocycles. The minimum absolute atomic E-state index is 0.172. The smallest absolute Gasteiger partial charge is 0.150 e. The lowest BCUT2D eigenvalue weighted by molar-refractivity contribution is 0.0668. The van der Waals surface area contributed by atoms with Crippen molar-refractivity contribution in [2.45, 2.75) is 6.10 Å². The Hall–Kier alpha value is -3.35. The minimum Gasteiger partial charge on any atom is -0.508 e. The van der Waals surface area contributed by atoms with Crippen molar-refractivity contribution in [2.75, 3.05) is 32.9 Å². The second-order valence-electron chi connectivity index (χ2n) is 9.12. The zero-order valence-electron chi connectivity index (χ0n) is 19.0. The fraction of sp³-hybridized carbons (Fsp3) is 0.250. The van der Waals surface area contributed by atoms with Crippen LogP contribution < -0.4 is 9.47 Å². The van der Waals surface area contributed by atoms with E-state index in [2.05, 4.69) is 9.88 Å². The van der Waals surface area contributed by atoms with E-state index in [1.54, 1.807) is 12.1 Å². The zero-order valence-corrected chi connectivity index (χ0v) is 19.7. The van der Waals surface area contributed by atoms with Crippen molar-refractivity contribution >= 4 is 22.5 Å². The van der Waals surface area contributed by atoms with Gasteiger partial charge in [0, 0.05) is 64.9 Å². The van der Waals surface area contributed by atoms with Gasteiger partial charge in [0.1, 0.15) is 23.9 Å². The highest BCUT2D eigenvalue weighted by molar-refractivity contribution is 6.30. The molecular formula is C28H24ClFN2O3. The predicted molar refractivity (Wildman–Crippen MR) is 134 cm³/mol. The summed E-state index contributed by atoms with van der Waals surface area (Å²) in [4.78, 5) is 6.79. The first-order valence-electron chi connectivity index (χ1n) is 11.7. The number of likely N-dealkylation sites (tertiary alicyclic amines) is 1. The summed E-state index contributed by atoms with van der Waals surface area (Å²) in [6.07, 6.45) is 1.46. The molecule has 1 fully saturated rings. The molecule has 3 aromatic carbocycles. The molecule has 0 radical (unpaired) electrons. The first-order chi connectivity index (χ1) is 17.1. The van der Waals surface area contributed by atoms with Crippen molar-refractivity contribution in [2.24, 2.45) is 5.92 Å². The summed E-state index contributed by atoms with van der Waals surface area (Å²) in [6.45, 7) is 2.73. The van der Waals surface area contributed by atoms with Gasteiger partial charge in [-0.25, -0.2) is 0 Å². The number of halogens is 2. The number of benzene rings is 3. The van der Waals surface area contributed by atoms with Crippen LogP contribution in [0.5, 0.6) is 17.2 Å². The summed E-state index contributed by atoms with van der Waals surface area (Å²) in [7, 11) is 0. The van der Waals surface area contributed by atoms with Gasteiger partial charge in [-0.15, -0.1) is 0 Å². The lowest BCUT2D eigenvalue weighted by atomic mass is 9.88. The molecule has 0 spiro atoms. The average Bonchev–Trinajstić information content (AvgIpc) is 2.84. The number of fused-ring (bicyclic) bond motifs is 5. The molecule has 2 aliphatic heterocycles. The number of rotatable bonds is 6. The third-order valence-electron chi connectivity index (χ3n) is 6.75. The topological polar surface area (TPSA) is 54.8 Å². The first-order valence-corrected chi connectivity index (χ1v) is 12.1. The van der Waals surface area contributed by atoms with E-state index in [0.29, 0.717) is 22.9 Å². The molecule has 35 heavy (non-hydrogen) atoms. The van der Waals surface area contributed by atoms with Crippen LogP contribution in [0.2, 0.25) is 5.02 Å². The van der Waals surface area contributed by atoms with Crippen LogP contribution in [0.25, 0.3) is 22.0 Å². The average molecular weight is 491 g/mol. The maximum Gasteiger partial charge on any atom is 0.150 e. The molecule has 4 aromatic rings. The SMILES string of the molecule is Oc1ccc2c3c(cnc2c1)-c1ccc(Cl)cc1OC3c1ccc(OCCN2CC(CF)C2)cc1. The second-order valence-corrected chi connectivity index (χ2v) is 9.56. The highest BCUT2D eigenvalue weighted by Crippen LogP contribution is 2.48. The van der Waals surface area contributed by atoms with Gasteiger partial charge < -0.3 is 14.6 Å². The van der Waals surface area contributed by atoms with Gasteiger partial charge in [0.25, 0.3) is 0 Å². The fourth-order valence-electron chi connectivity index (χ4n) is 4.93. The molecule has 3 heterocycles. The molecule has 1 aromatic heterocycles. The van der Waals surface area contributed by atoms with E-state index in [9.17, 15) is 9.50 Å². The van der Waals surface area contributed by atoms with Crippen LogP contribution in [0, 0.1) is 5.92 Å². The Morgan fingerprint density at radius 2 is 1.89 bits per heavy atom. The predicted octanol–water partition coefficient (Wildman–Crippen LogP) is 6.02. The summed E-state index contributed by atoms with van der Waals surface area (Å²) in [6, 6.07) is 18.7. The van der Waals surface area contributed by atoms with Crippen molar-refractivity contribution in [3.8, 4) is 28.4 Å². The number of hydrogen-bond donors (Lipinski definition) is 1. The van der Waals surface area contributed by atoms with Gasteiger partial charge in [0.15, 0.2) is 6.10 Å². The lowest BCUT2D eigenvalue weighted by Gasteiger charge is -2.37. The van der Waals surface area contributed by atoms with E-state index in [-0.39, 0.29) is 24.4 Å². The fourth-order valence-corrected chi connectivity index (χ4v) is 5.09. The summed E-state index contributed by atoms with van der Waals surface area (Å²) in [5.74, 6) is 1.84. The van der Waals surface area contributed by atoms with E-state index in [1.807, 2.05) is 54.7 Å². The van der Waals surface area contributed by atoms with Gasteiger partial charge in [-0.2, -0.15) is 0 Å². The maximum atomic E-state index is 12.6. The monoisotopic (exact) mass is 490 g/mol. The molecule has 1 atom stereocenters. The number of ether oxygens (including phenoxy) is 2. The maximum absolute atomic E-state index is 12.6. The standard InChI is InChI=1S/C28H24ClFN2O3/c29-19-3-7-22-24-14-31-25-12-20(33)4-8-23(25)27(24)28(35-26(22)11-19)18-1-5-21(6-2-18)34-10-9-32-15-17(13-30)16-32/h1-8,11-12,14,17,28,33H,9-10,13,15-16H2. The minimum atomic E-state index is -0.376. The van der Waals surface area contributed by atoms with Gasteiger partial charge in [0.05, 0.1) is 12.2 Å². The van der Waals surface area contributed by atoms with Crippen LogP contribution in [-0.2, 0) is 0 Å². The van der Waals surface area contributed by atoms with Crippen molar-refractivity contribution in [3.63, 3.8) is 0 Å². The third-order valence-corrected chi connectivity index (χ3v) is 6.98. The number of phenolic OH excluding ortho intramolecular Hbond substituents is 1. The van der Waals surface area contributed by atoms with Gasteiger partial charge in [-0.1, -0.05) is 23.7 Å². The first kappa shape index (κ1) is 22.1. The number of pyridine rings is 1. The highest BCUT2D eigenvalue weighted by atomic mass is 35.5. The summed E-state index contributed by atoms with van der Waals surface area (Å²) in [5, 5.41) is 11.5. The van der Waals surface area contributed by atoms with Gasteiger partial charge in [0.2, 0.25) is 0 Å². The number of aromatic nitrogens is 1. The Bertz CT molecular complexity index is 1390. The Morgan fingerprint density at radius 1 is 1.06 bits per heavy atom. The Labute approximate surface area is 207 Å². The molecule has 6 rings (SSSR count). The normalized spacial score (nSPS) is 17.4. The van der Waals surface area contributed by atoms with Crippen molar-refractivity contribution in [3.05, 3.63) is 83.0 Å². The molecule has 1 N–H and O–H groups in total. The van der Waals surface area contributed by atoms with Crippen molar-refractivity contribution in [1.82, 2.24) is 9.88 Å². The number of alkyl halides is 1. The van der Waals surface area contributed by atoms with Gasteiger partial charge >= 0.3 is 0 Å². The van der Waals surface area contributed by atoms with E-state index < -0.39 is 0 Å².